The van der Waals surface area contributed by atoms with Crippen molar-refractivity contribution >= 4 is 23.3 Å². The van der Waals surface area contributed by atoms with Gasteiger partial charge in [0.25, 0.3) is 0 Å². The average Bonchev–Trinajstić information content (AvgIpc) is 3.52. The van der Waals surface area contributed by atoms with Gasteiger partial charge in [0.2, 0.25) is 0 Å². The normalized spacial score (nSPS) is 15.2. The zero-order valence-corrected chi connectivity index (χ0v) is 21.3. The Morgan fingerprint density at radius 1 is 1.06 bits per heavy atom. The Labute approximate surface area is 213 Å². The molecular weight excluding hydrogens is 481 g/mol. The first-order valence-corrected chi connectivity index (χ1v) is 11.7. The first kappa shape index (κ1) is 24.0. The van der Waals surface area contributed by atoms with E-state index in [1.807, 2.05) is 25.2 Å². The summed E-state index contributed by atoms with van der Waals surface area (Å²) in [7, 11) is 1.89. The molecule has 6 rings (SSSR count). The number of rotatable bonds is 3. The van der Waals surface area contributed by atoms with Crippen molar-refractivity contribution in [3.8, 4) is 17.2 Å². The summed E-state index contributed by atoms with van der Waals surface area (Å²) >= 11 is 0. The maximum absolute atomic E-state index is 14.4. The topological polar surface area (TPSA) is 74.6 Å². The summed E-state index contributed by atoms with van der Waals surface area (Å²) in [5.74, 6) is 0.452. The molecule has 1 aliphatic rings. The molecule has 4 heterocycles. The number of nitrogens with zero attached hydrogens (tertiary/aromatic N) is 6. The van der Waals surface area contributed by atoms with Gasteiger partial charge in [-0.2, -0.15) is 10.2 Å². The molecule has 0 amide bonds. The molecule has 3 aromatic heterocycles. The highest BCUT2D eigenvalue weighted by Gasteiger charge is 2.29. The van der Waals surface area contributed by atoms with E-state index in [4.69, 9.17) is 5.10 Å². The molecule has 186 valence electrons. The smallest absolute Gasteiger partial charge is 0.310 e. The third-order valence-corrected chi connectivity index (χ3v) is 6.90. The summed E-state index contributed by atoms with van der Waals surface area (Å²) in [5.41, 5.74) is 5.30. The highest BCUT2D eigenvalue weighted by atomic mass is 35.5. The maximum Gasteiger partial charge on any atom is 0.338 e. The maximum atomic E-state index is 14.4. The van der Waals surface area contributed by atoms with Crippen molar-refractivity contribution in [3.63, 3.8) is 0 Å². The van der Waals surface area contributed by atoms with E-state index in [1.165, 1.54) is 0 Å². The van der Waals surface area contributed by atoms with E-state index in [0.29, 0.717) is 16.9 Å². The van der Waals surface area contributed by atoms with Crippen LogP contribution in [0, 0.1) is 19.7 Å². The van der Waals surface area contributed by atoms with E-state index in [-0.39, 0.29) is 30.0 Å². The van der Waals surface area contributed by atoms with Crippen molar-refractivity contribution in [2.75, 3.05) is 6.54 Å². The molecule has 1 atom stereocenters. The summed E-state index contributed by atoms with van der Waals surface area (Å²) in [6, 6.07) is 9.41. The number of aromatic nitrogens is 6. The van der Waals surface area contributed by atoms with E-state index >= 15 is 0 Å². The van der Waals surface area contributed by atoms with Crippen LogP contribution in [0.2, 0.25) is 0 Å². The van der Waals surface area contributed by atoms with Crippen LogP contribution in [0.25, 0.3) is 28.1 Å². The van der Waals surface area contributed by atoms with Gasteiger partial charge in [0.05, 0.1) is 28.8 Å². The summed E-state index contributed by atoms with van der Waals surface area (Å²) < 4.78 is 21.2. The van der Waals surface area contributed by atoms with Crippen molar-refractivity contribution < 1.29 is 4.39 Å². The second kappa shape index (κ2) is 8.76. The largest absolute Gasteiger partial charge is 0.338 e. The van der Waals surface area contributed by atoms with Gasteiger partial charge >= 0.3 is 5.69 Å². The van der Waals surface area contributed by atoms with Gasteiger partial charge in [-0.05, 0) is 62.2 Å². The number of imidazole rings is 1. The second-order valence-corrected chi connectivity index (χ2v) is 9.25. The Kier molecular flexibility index (Phi) is 5.84. The van der Waals surface area contributed by atoms with Crippen LogP contribution >= 0.6 is 12.4 Å². The van der Waals surface area contributed by atoms with Crippen molar-refractivity contribution in [3.05, 3.63) is 87.6 Å². The molecule has 5 aromatic rings. The fourth-order valence-corrected chi connectivity index (χ4v) is 5.10. The molecule has 8 nitrogen and oxygen atoms in total. The molecule has 1 N–H and O–H groups in total. The molecule has 0 radical (unpaired) electrons. The van der Waals surface area contributed by atoms with Crippen LogP contribution in [0.1, 0.15) is 35.3 Å². The molecule has 36 heavy (non-hydrogen) atoms. The van der Waals surface area contributed by atoms with Crippen LogP contribution in [0.4, 0.5) is 4.39 Å². The first-order chi connectivity index (χ1) is 16.8. The minimum atomic E-state index is -0.226. The van der Waals surface area contributed by atoms with E-state index in [1.54, 1.807) is 63.1 Å². The van der Waals surface area contributed by atoms with Crippen molar-refractivity contribution in [1.82, 2.24) is 34.0 Å². The van der Waals surface area contributed by atoms with E-state index in [0.717, 1.165) is 46.5 Å². The van der Waals surface area contributed by atoms with Gasteiger partial charge in [-0.25, -0.2) is 13.9 Å². The third kappa shape index (κ3) is 3.58. The van der Waals surface area contributed by atoms with Gasteiger partial charge in [0.1, 0.15) is 11.6 Å². The van der Waals surface area contributed by atoms with Crippen LogP contribution in [-0.4, -0.2) is 35.2 Å². The van der Waals surface area contributed by atoms with Crippen LogP contribution in [0.5, 0.6) is 0 Å². The molecule has 2 aromatic carbocycles. The fraction of sp³-hybridized carbons (Fsp3) is 0.269. The average molecular weight is 508 g/mol. The Balaban J connectivity index is 0.00000267. The molecule has 0 aliphatic carbocycles. The van der Waals surface area contributed by atoms with Gasteiger partial charge in [0.15, 0.2) is 0 Å². The Hall–Kier alpha value is -3.69. The second-order valence-electron chi connectivity index (χ2n) is 9.25. The van der Waals surface area contributed by atoms with E-state index in [2.05, 4.69) is 17.3 Å². The number of fused-ring (bicyclic) bond motifs is 2. The van der Waals surface area contributed by atoms with Crippen LogP contribution in [0.3, 0.4) is 0 Å². The Morgan fingerprint density at radius 3 is 2.53 bits per heavy atom. The molecule has 0 fully saturated rings. The van der Waals surface area contributed by atoms with Gasteiger partial charge < -0.3 is 5.32 Å². The summed E-state index contributed by atoms with van der Waals surface area (Å²) in [6.45, 7) is 6.38. The van der Waals surface area contributed by atoms with E-state index in [9.17, 15) is 9.18 Å². The first-order valence-electron chi connectivity index (χ1n) is 11.7. The lowest BCUT2D eigenvalue weighted by atomic mass is 10.0. The monoisotopic (exact) mass is 507 g/mol. The molecule has 0 unspecified atom stereocenters. The summed E-state index contributed by atoms with van der Waals surface area (Å²) in [5, 5.41) is 13.6. The molecule has 1 aliphatic heterocycles. The van der Waals surface area contributed by atoms with Crippen LogP contribution in [0.15, 0.2) is 53.7 Å². The standard InChI is InChI=1S/C26H26FN7O.ClH/c1-15-11-20(12-16(2)24(15)27)34-25(23-17(3)28-8-7-21(23)30-34)33-10-9-32(26(33)35)19-5-6-22-18(13-19)14-29-31(22)4;/h5-6,9-14,17,28H,7-8H2,1-4H3;1H/t17-;/m0./s1. The molecule has 0 saturated heterocycles. The highest BCUT2D eigenvalue weighted by molar-refractivity contribution is 5.85. The number of hydrogen-bond acceptors (Lipinski definition) is 4. The zero-order valence-electron chi connectivity index (χ0n) is 20.5. The lowest BCUT2D eigenvalue weighted by molar-refractivity contribution is 0.536. The molecule has 0 saturated carbocycles. The zero-order chi connectivity index (χ0) is 24.4. The third-order valence-electron chi connectivity index (χ3n) is 6.90. The van der Waals surface area contributed by atoms with Crippen molar-refractivity contribution in [2.24, 2.45) is 7.05 Å². The predicted molar refractivity (Wildman–Crippen MR) is 140 cm³/mol. The SMILES string of the molecule is Cc1cc(-n2nc3c(c2-n2ccn(-c4ccc5c(cnn5C)c4)c2=O)[C@H](C)NCC3)cc(C)c1F.Cl. The fourth-order valence-electron chi connectivity index (χ4n) is 5.10. The van der Waals surface area contributed by atoms with Gasteiger partial charge in [0, 0.05) is 49.4 Å². The number of hydrogen-bond donors (Lipinski definition) is 1. The summed E-state index contributed by atoms with van der Waals surface area (Å²) in [4.78, 5) is 13.8. The van der Waals surface area contributed by atoms with Crippen molar-refractivity contribution in [1.29, 1.82) is 0 Å². The van der Waals surface area contributed by atoms with Gasteiger partial charge in [-0.15, -0.1) is 12.4 Å². The van der Waals surface area contributed by atoms with Crippen LogP contribution in [-0.2, 0) is 13.5 Å². The lowest BCUT2D eigenvalue weighted by Gasteiger charge is -2.21. The molecular formula is C26H27ClFN7O. The van der Waals surface area contributed by atoms with Crippen molar-refractivity contribution in [2.45, 2.75) is 33.2 Å². The molecule has 10 heteroatoms. The quantitative estimate of drug-likeness (QED) is 0.399. The molecule has 0 bridgehead atoms. The van der Waals surface area contributed by atoms with Gasteiger partial charge in [-0.3, -0.25) is 13.8 Å². The van der Waals surface area contributed by atoms with Gasteiger partial charge in [-0.1, -0.05) is 0 Å². The Morgan fingerprint density at radius 2 is 1.78 bits per heavy atom. The number of nitrogens with one attached hydrogen (secondary N) is 1. The molecule has 0 spiro atoms. The summed E-state index contributed by atoms with van der Waals surface area (Å²) in [6.07, 6.45) is 6.09. The highest BCUT2D eigenvalue weighted by Crippen LogP contribution is 2.31. The minimum absolute atomic E-state index is 0. The lowest BCUT2D eigenvalue weighted by Crippen LogP contribution is -2.30. The van der Waals surface area contributed by atoms with Crippen LogP contribution < -0.4 is 11.0 Å². The number of benzene rings is 2. The van der Waals surface area contributed by atoms with E-state index < -0.39 is 0 Å². The number of halogens is 2. The minimum Gasteiger partial charge on any atom is -0.310 e. The number of aryl methyl sites for hydroxylation is 3. The Bertz CT molecular complexity index is 1650. The predicted octanol–water partition coefficient (Wildman–Crippen LogP) is 4.09.